The molecule has 1 fully saturated rings. The van der Waals surface area contributed by atoms with E-state index in [4.69, 9.17) is 15.2 Å². The summed E-state index contributed by atoms with van der Waals surface area (Å²) in [5.74, 6) is 1.24. The number of likely N-dealkylation sites (tertiary alicyclic amines) is 1. The highest BCUT2D eigenvalue weighted by molar-refractivity contribution is 5.98. The Hall–Kier alpha value is -1.75. The lowest BCUT2D eigenvalue weighted by Gasteiger charge is -2.31. The number of fused-ring (bicyclic) bond motifs is 1. The molecule has 1 aromatic carbocycles. The Morgan fingerprint density at radius 3 is 2.74 bits per heavy atom. The van der Waals surface area contributed by atoms with Gasteiger partial charge in [-0.05, 0) is 25.0 Å². The van der Waals surface area contributed by atoms with E-state index in [-0.39, 0.29) is 11.9 Å². The highest BCUT2D eigenvalue weighted by atomic mass is 16.6. The van der Waals surface area contributed by atoms with Gasteiger partial charge in [0.05, 0.1) is 5.56 Å². The van der Waals surface area contributed by atoms with Gasteiger partial charge in [0.2, 0.25) is 0 Å². The van der Waals surface area contributed by atoms with Crippen molar-refractivity contribution in [1.29, 1.82) is 0 Å². The number of hydrogen-bond donors (Lipinski definition) is 1. The molecule has 0 bridgehead atoms. The van der Waals surface area contributed by atoms with E-state index in [0.717, 1.165) is 12.8 Å². The van der Waals surface area contributed by atoms with Gasteiger partial charge in [0.1, 0.15) is 13.2 Å². The summed E-state index contributed by atoms with van der Waals surface area (Å²) in [6.45, 7) is 2.44. The summed E-state index contributed by atoms with van der Waals surface area (Å²) in [5.41, 5.74) is 6.45. The number of nitrogens with zero attached hydrogens (tertiary/aromatic N) is 1. The first-order valence-corrected chi connectivity index (χ1v) is 6.69. The van der Waals surface area contributed by atoms with Crippen molar-refractivity contribution in [1.82, 2.24) is 4.90 Å². The van der Waals surface area contributed by atoms with Gasteiger partial charge in [0, 0.05) is 19.1 Å². The topological polar surface area (TPSA) is 64.8 Å². The van der Waals surface area contributed by atoms with E-state index in [1.54, 1.807) is 6.07 Å². The smallest absolute Gasteiger partial charge is 0.257 e. The molecule has 102 valence electrons. The number of ether oxygens (including phenoxy) is 2. The third-order valence-corrected chi connectivity index (χ3v) is 3.62. The Bertz CT molecular complexity index is 482. The summed E-state index contributed by atoms with van der Waals surface area (Å²) in [5, 5.41) is 0. The van der Waals surface area contributed by atoms with Gasteiger partial charge in [-0.2, -0.15) is 0 Å². The minimum atomic E-state index is 0.00856. The molecule has 2 aliphatic rings. The molecule has 5 nitrogen and oxygen atoms in total. The summed E-state index contributed by atoms with van der Waals surface area (Å²) < 4.78 is 11.1. The molecule has 0 aromatic heterocycles. The number of amides is 1. The van der Waals surface area contributed by atoms with Gasteiger partial charge in [-0.3, -0.25) is 4.79 Å². The van der Waals surface area contributed by atoms with E-state index in [1.807, 2.05) is 17.0 Å². The third-order valence-electron chi connectivity index (χ3n) is 3.62. The molecular formula is C14H18N2O3. The molecule has 19 heavy (non-hydrogen) atoms. The van der Waals surface area contributed by atoms with Gasteiger partial charge >= 0.3 is 0 Å². The molecule has 0 aliphatic carbocycles. The fourth-order valence-corrected chi connectivity index (χ4v) is 2.52. The van der Waals surface area contributed by atoms with Crippen LogP contribution in [0.5, 0.6) is 11.5 Å². The van der Waals surface area contributed by atoms with Gasteiger partial charge in [0.15, 0.2) is 11.5 Å². The standard InChI is InChI=1S/C14H18N2O3/c15-10-4-6-16(7-5-10)14(17)11-2-1-3-12-13(11)19-9-8-18-12/h1-3,10H,4-9,15H2. The van der Waals surface area contributed by atoms with Crippen LogP contribution in [0.3, 0.4) is 0 Å². The van der Waals surface area contributed by atoms with Crippen LogP contribution in [0.15, 0.2) is 18.2 Å². The fraction of sp³-hybridized carbons (Fsp3) is 0.500. The summed E-state index contributed by atoms with van der Waals surface area (Å²) in [6.07, 6.45) is 1.72. The van der Waals surface area contributed by atoms with E-state index < -0.39 is 0 Å². The maximum Gasteiger partial charge on any atom is 0.257 e. The maximum atomic E-state index is 12.5. The molecule has 0 spiro atoms. The quantitative estimate of drug-likeness (QED) is 0.820. The maximum absolute atomic E-state index is 12.5. The number of rotatable bonds is 1. The lowest BCUT2D eigenvalue weighted by Crippen LogP contribution is -2.43. The number of benzene rings is 1. The number of nitrogens with two attached hydrogens (primary N) is 1. The van der Waals surface area contributed by atoms with Crippen LogP contribution in [0.25, 0.3) is 0 Å². The molecule has 1 saturated heterocycles. The van der Waals surface area contributed by atoms with Crippen molar-refractivity contribution >= 4 is 5.91 Å². The van der Waals surface area contributed by atoms with E-state index >= 15 is 0 Å². The van der Waals surface area contributed by atoms with E-state index in [9.17, 15) is 4.79 Å². The van der Waals surface area contributed by atoms with Crippen LogP contribution in [0.4, 0.5) is 0 Å². The molecule has 0 unspecified atom stereocenters. The van der Waals surface area contributed by atoms with Crippen LogP contribution in [0, 0.1) is 0 Å². The van der Waals surface area contributed by atoms with Crippen LogP contribution >= 0.6 is 0 Å². The average Bonchev–Trinajstić information content (AvgIpc) is 2.47. The summed E-state index contributed by atoms with van der Waals surface area (Å²) in [4.78, 5) is 14.4. The van der Waals surface area contributed by atoms with E-state index in [2.05, 4.69) is 0 Å². The average molecular weight is 262 g/mol. The molecule has 2 heterocycles. The first-order chi connectivity index (χ1) is 9.25. The molecule has 2 aliphatic heterocycles. The second-order valence-electron chi connectivity index (χ2n) is 4.96. The molecule has 0 atom stereocenters. The second kappa shape index (κ2) is 5.09. The second-order valence-corrected chi connectivity index (χ2v) is 4.96. The third kappa shape index (κ3) is 2.38. The first-order valence-electron chi connectivity index (χ1n) is 6.69. The number of carbonyl (C=O) groups excluding carboxylic acids is 1. The molecule has 1 amide bonds. The highest BCUT2D eigenvalue weighted by Gasteiger charge is 2.26. The molecule has 0 saturated carbocycles. The van der Waals surface area contributed by atoms with E-state index in [1.165, 1.54) is 0 Å². The van der Waals surface area contributed by atoms with Gasteiger partial charge < -0.3 is 20.1 Å². The Balaban J connectivity index is 1.83. The van der Waals surface area contributed by atoms with Crippen LogP contribution in [-0.2, 0) is 0 Å². The number of para-hydroxylation sites is 1. The molecule has 5 heteroatoms. The van der Waals surface area contributed by atoms with Crippen molar-refractivity contribution in [3.05, 3.63) is 23.8 Å². The fourth-order valence-electron chi connectivity index (χ4n) is 2.52. The molecule has 0 radical (unpaired) electrons. The van der Waals surface area contributed by atoms with Gasteiger partial charge in [0.25, 0.3) is 5.91 Å². The Morgan fingerprint density at radius 2 is 1.95 bits per heavy atom. The lowest BCUT2D eigenvalue weighted by molar-refractivity contribution is 0.0704. The number of piperidine rings is 1. The normalized spacial score (nSPS) is 19.3. The molecule has 1 aromatic rings. The Kier molecular flexibility index (Phi) is 3.29. The highest BCUT2D eigenvalue weighted by Crippen LogP contribution is 2.34. The predicted molar refractivity (Wildman–Crippen MR) is 70.5 cm³/mol. The zero-order chi connectivity index (χ0) is 13.2. The van der Waals surface area contributed by atoms with E-state index in [0.29, 0.717) is 43.4 Å². The van der Waals surface area contributed by atoms with Crippen molar-refractivity contribution in [3.63, 3.8) is 0 Å². The molecular weight excluding hydrogens is 244 g/mol. The SMILES string of the molecule is NC1CCN(C(=O)c2cccc3c2OCCO3)CC1. The Morgan fingerprint density at radius 1 is 1.21 bits per heavy atom. The first kappa shape index (κ1) is 12.3. The van der Waals surface area contributed by atoms with Crippen LogP contribution in [0.1, 0.15) is 23.2 Å². The largest absolute Gasteiger partial charge is 0.486 e. The van der Waals surface area contributed by atoms with Gasteiger partial charge in [-0.1, -0.05) is 6.07 Å². The zero-order valence-corrected chi connectivity index (χ0v) is 10.8. The monoisotopic (exact) mass is 262 g/mol. The van der Waals surface area contributed by atoms with Crippen molar-refractivity contribution in [2.45, 2.75) is 18.9 Å². The lowest BCUT2D eigenvalue weighted by atomic mass is 10.0. The Labute approximate surface area is 112 Å². The van der Waals surface area contributed by atoms with Crippen molar-refractivity contribution in [3.8, 4) is 11.5 Å². The van der Waals surface area contributed by atoms with Gasteiger partial charge in [-0.15, -0.1) is 0 Å². The van der Waals surface area contributed by atoms with Gasteiger partial charge in [-0.25, -0.2) is 0 Å². The van der Waals surface area contributed by atoms with Crippen molar-refractivity contribution < 1.29 is 14.3 Å². The van der Waals surface area contributed by atoms with Crippen molar-refractivity contribution in [2.75, 3.05) is 26.3 Å². The van der Waals surface area contributed by atoms with Crippen molar-refractivity contribution in [2.24, 2.45) is 5.73 Å². The zero-order valence-electron chi connectivity index (χ0n) is 10.8. The summed E-state index contributed by atoms with van der Waals surface area (Å²) in [6, 6.07) is 5.67. The predicted octanol–water partition coefficient (Wildman–Crippen LogP) is 1.02. The summed E-state index contributed by atoms with van der Waals surface area (Å²) >= 11 is 0. The van der Waals surface area contributed by atoms with Crippen LogP contribution in [-0.4, -0.2) is 43.2 Å². The molecule has 2 N–H and O–H groups in total. The minimum Gasteiger partial charge on any atom is -0.486 e. The van der Waals surface area contributed by atoms with Crippen LogP contribution in [0.2, 0.25) is 0 Å². The number of carbonyl (C=O) groups is 1. The summed E-state index contributed by atoms with van der Waals surface area (Å²) in [7, 11) is 0. The molecule has 3 rings (SSSR count). The minimum absolute atomic E-state index is 0.00856. The van der Waals surface area contributed by atoms with Crippen LogP contribution < -0.4 is 15.2 Å². The number of hydrogen-bond acceptors (Lipinski definition) is 4.